The molecule has 0 saturated heterocycles. The van der Waals surface area contributed by atoms with Gasteiger partial charge in [0.1, 0.15) is 5.82 Å². The molecule has 2 aliphatic rings. The number of rotatable bonds is 3. The maximum atomic E-state index is 15.5. The van der Waals surface area contributed by atoms with E-state index in [2.05, 4.69) is 135 Å². The predicted molar refractivity (Wildman–Crippen MR) is 185 cm³/mol. The van der Waals surface area contributed by atoms with Gasteiger partial charge in [-0.3, -0.25) is 0 Å². The van der Waals surface area contributed by atoms with E-state index < -0.39 is 0 Å². The standard InChI is InChI=1S/C40H32BFN2/c1-25-9-15-30(16-10-25)43-36-19-13-27(3)21-33(36)41-34-22-28(4)14-20-37(34)44(31-17-11-26(2)12-18-31)39-24-29(23-38(43)40(39)41)32-7-5-6-8-35(32)42/h5-24H,1-4H3. The number of aryl methyl sites for hydroxylation is 4. The van der Waals surface area contributed by atoms with Crippen molar-refractivity contribution in [1.82, 2.24) is 0 Å². The normalized spacial score (nSPS) is 13.0. The second-order valence-electron chi connectivity index (χ2n) is 12.3. The summed E-state index contributed by atoms with van der Waals surface area (Å²) in [5, 5.41) is 0. The van der Waals surface area contributed by atoms with Gasteiger partial charge in [-0.05, 0) is 104 Å². The summed E-state index contributed by atoms with van der Waals surface area (Å²) in [6.45, 7) is 8.61. The van der Waals surface area contributed by atoms with E-state index in [4.69, 9.17) is 0 Å². The molecule has 2 heterocycles. The Morgan fingerprint density at radius 3 is 1.41 bits per heavy atom. The van der Waals surface area contributed by atoms with E-state index >= 15 is 4.39 Å². The molecule has 44 heavy (non-hydrogen) atoms. The average molecular weight is 571 g/mol. The van der Waals surface area contributed by atoms with Crippen LogP contribution in [-0.2, 0) is 0 Å². The van der Waals surface area contributed by atoms with Crippen LogP contribution in [0.4, 0.5) is 38.5 Å². The lowest BCUT2D eigenvalue weighted by molar-refractivity contribution is 0.631. The van der Waals surface area contributed by atoms with Gasteiger partial charge in [-0.15, -0.1) is 0 Å². The second-order valence-corrected chi connectivity index (χ2v) is 12.3. The number of hydrogen-bond donors (Lipinski definition) is 0. The molecule has 0 bridgehead atoms. The minimum Gasteiger partial charge on any atom is -0.311 e. The minimum atomic E-state index is -0.223. The van der Waals surface area contributed by atoms with Crippen LogP contribution in [0.2, 0.25) is 0 Å². The van der Waals surface area contributed by atoms with Crippen molar-refractivity contribution in [2.45, 2.75) is 27.7 Å². The Kier molecular flexibility index (Phi) is 6.02. The Balaban J connectivity index is 1.52. The highest BCUT2D eigenvalue weighted by Gasteiger charge is 2.43. The lowest BCUT2D eigenvalue weighted by Gasteiger charge is -2.44. The van der Waals surface area contributed by atoms with Gasteiger partial charge >= 0.3 is 0 Å². The van der Waals surface area contributed by atoms with E-state index in [1.165, 1.54) is 38.6 Å². The first kappa shape index (κ1) is 26.5. The SMILES string of the molecule is Cc1ccc(N2c3ccc(C)cc3B3c4cc(C)ccc4N(c4ccc(C)cc4)c4cc(-c5ccccc5F)cc2c43)cc1. The molecular weight excluding hydrogens is 538 g/mol. The van der Waals surface area contributed by atoms with E-state index in [1.807, 2.05) is 12.1 Å². The summed E-state index contributed by atoms with van der Waals surface area (Å²) in [5.74, 6) is -0.223. The van der Waals surface area contributed by atoms with Crippen LogP contribution in [0.15, 0.2) is 121 Å². The quantitative estimate of drug-likeness (QED) is 0.196. The van der Waals surface area contributed by atoms with Gasteiger partial charge < -0.3 is 9.80 Å². The molecule has 0 amide bonds. The monoisotopic (exact) mass is 570 g/mol. The maximum Gasteiger partial charge on any atom is 0.252 e. The highest BCUT2D eigenvalue weighted by atomic mass is 19.1. The van der Waals surface area contributed by atoms with Crippen molar-refractivity contribution in [2.24, 2.45) is 0 Å². The molecule has 8 rings (SSSR count). The van der Waals surface area contributed by atoms with Gasteiger partial charge in [0.2, 0.25) is 0 Å². The summed E-state index contributed by atoms with van der Waals surface area (Å²) in [7, 11) is 0. The molecule has 0 N–H and O–H groups in total. The Labute approximate surface area is 259 Å². The Bertz CT molecular complexity index is 1960. The molecule has 0 aromatic heterocycles. The van der Waals surface area contributed by atoms with Crippen LogP contribution in [0.3, 0.4) is 0 Å². The first-order valence-electron chi connectivity index (χ1n) is 15.2. The fourth-order valence-corrected chi connectivity index (χ4v) is 7.04. The Hall–Kier alpha value is -5.09. The van der Waals surface area contributed by atoms with E-state index in [9.17, 15) is 0 Å². The lowest BCUT2D eigenvalue weighted by atomic mass is 9.33. The van der Waals surface area contributed by atoms with Gasteiger partial charge in [-0.1, -0.05) is 89.0 Å². The number of halogens is 1. The zero-order chi connectivity index (χ0) is 30.1. The number of nitrogens with zero attached hydrogens (tertiary/aromatic N) is 2. The fraction of sp³-hybridized carbons (Fsp3) is 0.100. The lowest BCUT2D eigenvalue weighted by Crippen LogP contribution is -2.61. The third kappa shape index (κ3) is 4.09. The Morgan fingerprint density at radius 1 is 0.477 bits per heavy atom. The zero-order valence-corrected chi connectivity index (χ0v) is 25.4. The first-order chi connectivity index (χ1) is 21.4. The van der Waals surface area contributed by atoms with E-state index in [-0.39, 0.29) is 12.5 Å². The van der Waals surface area contributed by atoms with Crippen LogP contribution in [0, 0.1) is 33.5 Å². The van der Waals surface area contributed by atoms with E-state index in [1.54, 1.807) is 12.1 Å². The molecule has 0 radical (unpaired) electrons. The summed E-state index contributed by atoms with van der Waals surface area (Å²) in [4.78, 5) is 4.75. The number of benzene rings is 6. The molecule has 4 heteroatoms. The number of hydrogen-bond acceptors (Lipinski definition) is 2. The van der Waals surface area contributed by atoms with Crippen molar-refractivity contribution in [2.75, 3.05) is 9.80 Å². The molecule has 0 spiro atoms. The van der Waals surface area contributed by atoms with Crippen LogP contribution in [0.5, 0.6) is 0 Å². The summed E-state index contributed by atoms with van der Waals surface area (Å²) in [5.41, 5.74) is 16.8. The largest absolute Gasteiger partial charge is 0.311 e. The van der Waals surface area contributed by atoms with Gasteiger partial charge in [0, 0.05) is 39.7 Å². The van der Waals surface area contributed by atoms with Gasteiger partial charge in [-0.2, -0.15) is 0 Å². The third-order valence-corrected chi connectivity index (χ3v) is 9.15. The van der Waals surface area contributed by atoms with Crippen LogP contribution in [0.1, 0.15) is 22.3 Å². The molecule has 0 unspecified atom stereocenters. The minimum absolute atomic E-state index is 0.0304. The predicted octanol–water partition coefficient (Wildman–Crippen LogP) is 8.81. The molecule has 6 aromatic carbocycles. The van der Waals surface area contributed by atoms with Crippen LogP contribution in [0.25, 0.3) is 11.1 Å². The van der Waals surface area contributed by atoms with Crippen LogP contribution >= 0.6 is 0 Å². The molecule has 0 fully saturated rings. The summed E-state index contributed by atoms with van der Waals surface area (Å²) < 4.78 is 15.5. The highest BCUT2D eigenvalue weighted by Crippen LogP contribution is 2.46. The van der Waals surface area contributed by atoms with Gasteiger partial charge in [0.15, 0.2) is 0 Å². The fourth-order valence-electron chi connectivity index (χ4n) is 7.04. The second kappa shape index (κ2) is 9.99. The van der Waals surface area contributed by atoms with E-state index in [0.717, 1.165) is 39.7 Å². The first-order valence-corrected chi connectivity index (χ1v) is 15.2. The molecule has 0 aliphatic carbocycles. The van der Waals surface area contributed by atoms with E-state index in [0.29, 0.717) is 5.56 Å². The molecular formula is C40H32BFN2. The summed E-state index contributed by atoms with van der Waals surface area (Å²) in [6.07, 6.45) is 0. The third-order valence-electron chi connectivity index (χ3n) is 9.15. The van der Waals surface area contributed by atoms with Crippen molar-refractivity contribution in [3.05, 3.63) is 149 Å². The van der Waals surface area contributed by atoms with Crippen LogP contribution < -0.4 is 26.2 Å². The van der Waals surface area contributed by atoms with Crippen molar-refractivity contribution in [3.8, 4) is 11.1 Å². The van der Waals surface area contributed by atoms with Crippen molar-refractivity contribution in [1.29, 1.82) is 0 Å². The maximum absolute atomic E-state index is 15.5. The molecule has 2 aliphatic heterocycles. The smallest absolute Gasteiger partial charge is 0.252 e. The molecule has 6 aromatic rings. The van der Waals surface area contributed by atoms with Gasteiger partial charge in [0.25, 0.3) is 6.71 Å². The van der Waals surface area contributed by atoms with Crippen molar-refractivity contribution >= 4 is 57.2 Å². The van der Waals surface area contributed by atoms with Crippen molar-refractivity contribution in [3.63, 3.8) is 0 Å². The number of fused-ring (bicyclic) bond motifs is 4. The van der Waals surface area contributed by atoms with Gasteiger partial charge in [-0.25, -0.2) is 4.39 Å². The molecule has 0 saturated carbocycles. The molecule has 212 valence electrons. The van der Waals surface area contributed by atoms with Crippen molar-refractivity contribution < 1.29 is 4.39 Å². The topological polar surface area (TPSA) is 6.48 Å². The highest BCUT2D eigenvalue weighted by molar-refractivity contribution is 7.00. The summed E-state index contributed by atoms with van der Waals surface area (Å²) >= 11 is 0. The zero-order valence-electron chi connectivity index (χ0n) is 25.4. The Morgan fingerprint density at radius 2 is 0.932 bits per heavy atom. The average Bonchev–Trinajstić information content (AvgIpc) is 3.02. The summed E-state index contributed by atoms with van der Waals surface area (Å²) in [6, 6.07) is 42.6. The van der Waals surface area contributed by atoms with Crippen LogP contribution in [-0.4, -0.2) is 6.71 Å². The molecule has 0 atom stereocenters. The molecule has 2 nitrogen and oxygen atoms in total. The van der Waals surface area contributed by atoms with Gasteiger partial charge in [0.05, 0.1) is 0 Å². The number of anilines is 6.